The average Bonchev–Trinajstić information content (AvgIpc) is 3.65. The van der Waals surface area contributed by atoms with Gasteiger partial charge in [0.25, 0.3) is 5.91 Å². The standard InChI is InChI=1S/C27H27N9O2/c1-15(33-26-24-25(29-13-28-24)30-14-31-26)21-8-16-4-3-5-20(17-9-32-35(2)10-17)22(16)23(34-21)27(37)36-18-6-7-19(36)12-38-11-18/h3-5,8-10,13-15,18-19H,6-7,11-12H2,1-2H3,(H2,28,29,30,31,33). The van der Waals surface area contributed by atoms with Crippen molar-refractivity contribution in [3.8, 4) is 11.1 Å². The van der Waals surface area contributed by atoms with Crippen molar-refractivity contribution in [1.29, 1.82) is 0 Å². The Balaban J connectivity index is 1.36. The molecule has 1 amide bonds. The van der Waals surface area contributed by atoms with Gasteiger partial charge in [-0.2, -0.15) is 5.10 Å². The van der Waals surface area contributed by atoms with Gasteiger partial charge in [0.15, 0.2) is 11.5 Å². The summed E-state index contributed by atoms with van der Waals surface area (Å²) < 4.78 is 7.52. The zero-order valence-corrected chi connectivity index (χ0v) is 21.1. The summed E-state index contributed by atoms with van der Waals surface area (Å²) in [6.45, 7) is 3.15. The highest BCUT2D eigenvalue weighted by molar-refractivity contribution is 6.11. The fourth-order valence-electron chi connectivity index (χ4n) is 5.74. The van der Waals surface area contributed by atoms with E-state index in [4.69, 9.17) is 9.72 Å². The molecular weight excluding hydrogens is 482 g/mol. The van der Waals surface area contributed by atoms with Gasteiger partial charge in [0.2, 0.25) is 0 Å². The number of imidazole rings is 1. The molecule has 2 bridgehead atoms. The summed E-state index contributed by atoms with van der Waals surface area (Å²) in [6.07, 6.45) is 8.77. The molecule has 11 nitrogen and oxygen atoms in total. The van der Waals surface area contributed by atoms with Crippen molar-refractivity contribution < 1.29 is 9.53 Å². The SMILES string of the molecule is CC(Nc1ncnc2nc[nH]c12)c1cc2cccc(-c3cnn(C)c3)c2c(C(=O)N2C3CCC2COC3)n1. The molecule has 0 radical (unpaired) electrons. The number of nitrogens with zero attached hydrogens (tertiary/aromatic N) is 7. The van der Waals surface area contributed by atoms with Crippen molar-refractivity contribution in [2.24, 2.45) is 7.05 Å². The van der Waals surface area contributed by atoms with Crippen LogP contribution in [-0.4, -0.2) is 70.8 Å². The lowest BCUT2D eigenvalue weighted by Gasteiger charge is -2.35. The van der Waals surface area contributed by atoms with Crippen LogP contribution >= 0.6 is 0 Å². The van der Waals surface area contributed by atoms with Crippen LogP contribution in [0.1, 0.15) is 42.0 Å². The maximum Gasteiger partial charge on any atom is 0.273 e. The van der Waals surface area contributed by atoms with E-state index in [0.29, 0.717) is 30.4 Å². The van der Waals surface area contributed by atoms with E-state index >= 15 is 0 Å². The van der Waals surface area contributed by atoms with E-state index in [-0.39, 0.29) is 24.0 Å². The normalized spacial score (nSPS) is 19.8. The van der Waals surface area contributed by atoms with Crippen LogP contribution in [0.25, 0.3) is 33.1 Å². The summed E-state index contributed by atoms with van der Waals surface area (Å²) in [5.74, 6) is 0.583. The number of benzene rings is 1. The monoisotopic (exact) mass is 509 g/mol. The topological polar surface area (TPSA) is 127 Å². The largest absolute Gasteiger partial charge is 0.377 e. The van der Waals surface area contributed by atoms with Crippen molar-refractivity contribution in [3.63, 3.8) is 0 Å². The first-order valence-corrected chi connectivity index (χ1v) is 12.8. The number of H-pyrrole nitrogens is 1. The fourth-order valence-corrected chi connectivity index (χ4v) is 5.74. The Kier molecular flexibility index (Phi) is 5.32. The Morgan fingerprint density at radius 1 is 1.18 bits per heavy atom. The number of fused-ring (bicyclic) bond motifs is 4. The lowest BCUT2D eigenvalue weighted by Crippen LogP contribution is -2.49. The number of aryl methyl sites for hydroxylation is 1. The molecule has 6 heterocycles. The first-order chi connectivity index (χ1) is 18.6. The molecule has 5 aromatic rings. The Bertz CT molecular complexity index is 1660. The molecule has 38 heavy (non-hydrogen) atoms. The number of rotatable bonds is 5. The molecule has 2 aliphatic heterocycles. The maximum atomic E-state index is 14.3. The summed E-state index contributed by atoms with van der Waals surface area (Å²) >= 11 is 0. The quantitative estimate of drug-likeness (QED) is 0.369. The summed E-state index contributed by atoms with van der Waals surface area (Å²) in [5, 5.41) is 9.59. The first kappa shape index (κ1) is 22.8. The number of carbonyl (C=O) groups excluding carboxylic acids is 1. The highest BCUT2D eigenvalue weighted by Gasteiger charge is 2.41. The Labute approximate surface area is 218 Å². The number of aromatic nitrogens is 7. The number of hydrogen-bond donors (Lipinski definition) is 2. The molecule has 2 fully saturated rings. The molecule has 3 unspecified atom stereocenters. The predicted octanol–water partition coefficient (Wildman–Crippen LogP) is 3.48. The van der Waals surface area contributed by atoms with Gasteiger partial charge < -0.3 is 19.9 Å². The van der Waals surface area contributed by atoms with Gasteiger partial charge in [-0.25, -0.2) is 19.9 Å². The number of carbonyl (C=O) groups is 1. The molecule has 0 saturated carbocycles. The number of aromatic amines is 1. The minimum atomic E-state index is -0.240. The van der Waals surface area contributed by atoms with E-state index in [1.807, 2.05) is 55.5 Å². The minimum Gasteiger partial charge on any atom is -0.377 e. The van der Waals surface area contributed by atoms with Gasteiger partial charge in [-0.05, 0) is 36.8 Å². The molecule has 0 spiro atoms. The van der Waals surface area contributed by atoms with Crippen molar-refractivity contribution in [1.82, 2.24) is 39.6 Å². The molecule has 4 aromatic heterocycles. The Morgan fingerprint density at radius 2 is 2.03 bits per heavy atom. The van der Waals surface area contributed by atoms with Gasteiger partial charge in [0.1, 0.15) is 17.5 Å². The Hall–Kier alpha value is -4.38. The number of ether oxygens (including phenoxy) is 1. The van der Waals surface area contributed by atoms with Crippen LogP contribution in [0.3, 0.4) is 0 Å². The van der Waals surface area contributed by atoms with Crippen LogP contribution in [-0.2, 0) is 11.8 Å². The van der Waals surface area contributed by atoms with Crippen molar-refractivity contribution in [2.45, 2.75) is 37.9 Å². The lowest BCUT2D eigenvalue weighted by atomic mass is 9.97. The number of amides is 1. The Morgan fingerprint density at radius 3 is 2.82 bits per heavy atom. The average molecular weight is 510 g/mol. The molecule has 3 atom stereocenters. The second-order valence-electron chi connectivity index (χ2n) is 10.0. The van der Waals surface area contributed by atoms with Crippen LogP contribution in [0, 0.1) is 0 Å². The maximum absolute atomic E-state index is 14.3. The zero-order valence-electron chi connectivity index (χ0n) is 21.1. The van der Waals surface area contributed by atoms with Crippen molar-refractivity contribution >= 4 is 33.7 Å². The van der Waals surface area contributed by atoms with Gasteiger partial charge in [0, 0.05) is 24.2 Å². The van der Waals surface area contributed by atoms with Gasteiger partial charge in [-0.15, -0.1) is 0 Å². The van der Waals surface area contributed by atoms with Gasteiger partial charge in [0.05, 0.1) is 49.6 Å². The third kappa shape index (κ3) is 3.69. The summed E-state index contributed by atoms with van der Waals surface area (Å²) in [5.41, 5.74) is 4.39. The van der Waals surface area contributed by atoms with E-state index in [2.05, 4.69) is 30.4 Å². The van der Waals surface area contributed by atoms with Gasteiger partial charge in [-0.3, -0.25) is 9.48 Å². The number of nitrogens with one attached hydrogen (secondary N) is 2. The highest BCUT2D eigenvalue weighted by Crippen LogP contribution is 2.36. The molecule has 2 N–H and O–H groups in total. The second kappa shape index (κ2) is 8.88. The zero-order chi connectivity index (χ0) is 25.8. The molecule has 0 aliphatic carbocycles. The highest BCUT2D eigenvalue weighted by atomic mass is 16.5. The van der Waals surface area contributed by atoms with Crippen LogP contribution < -0.4 is 5.32 Å². The van der Waals surface area contributed by atoms with Crippen molar-refractivity contribution in [3.05, 3.63) is 60.7 Å². The third-order valence-electron chi connectivity index (χ3n) is 7.59. The third-order valence-corrected chi connectivity index (χ3v) is 7.59. The molecule has 11 heteroatoms. The smallest absolute Gasteiger partial charge is 0.273 e. The van der Waals surface area contributed by atoms with Crippen LogP contribution in [0.2, 0.25) is 0 Å². The first-order valence-electron chi connectivity index (χ1n) is 12.8. The van der Waals surface area contributed by atoms with E-state index in [9.17, 15) is 4.79 Å². The number of hydrogen-bond acceptors (Lipinski definition) is 8. The van der Waals surface area contributed by atoms with Gasteiger partial charge >= 0.3 is 0 Å². The molecule has 2 aliphatic rings. The van der Waals surface area contributed by atoms with E-state index < -0.39 is 0 Å². The van der Waals surface area contributed by atoms with E-state index in [0.717, 1.165) is 46.0 Å². The molecule has 1 aromatic carbocycles. The molecule has 192 valence electrons. The molecule has 2 saturated heterocycles. The molecule has 7 rings (SSSR count). The van der Waals surface area contributed by atoms with Gasteiger partial charge in [-0.1, -0.05) is 18.2 Å². The number of pyridine rings is 1. The lowest BCUT2D eigenvalue weighted by molar-refractivity contribution is -0.00735. The van der Waals surface area contributed by atoms with Crippen LogP contribution in [0.4, 0.5) is 5.82 Å². The summed E-state index contributed by atoms with van der Waals surface area (Å²) in [4.78, 5) is 37.2. The number of morpholine rings is 1. The molecular formula is C27H27N9O2. The van der Waals surface area contributed by atoms with E-state index in [1.54, 1.807) is 11.0 Å². The van der Waals surface area contributed by atoms with Crippen LogP contribution in [0.5, 0.6) is 0 Å². The van der Waals surface area contributed by atoms with Crippen LogP contribution in [0.15, 0.2) is 49.3 Å². The minimum absolute atomic E-state index is 0.0471. The van der Waals surface area contributed by atoms with Crippen molar-refractivity contribution in [2.75, 3.05) is 18.5 Å². The second-order valence-corrected chi connectivity index (χ2v) is 10.0. The summed E-state index contributed by atoms with van der Waals surface area (Å²) in [7, 11) is 1.89. The fraction of sp³-hybridized carbons (Fsp3) is 0.333. The van der Waals surface area contributed by atoms with E-state index in [1.165, 1.54) is 6.33 Å². The number of anilines is 1. The predicted molar refractivity (Wildman–Crippen MR) is 141 cm³/mol. The summed E-state index contributed by atoms with van der Waals surface area (Å²) in [6, 6.07) is 8.05.